The molecule has 20 heavy (non-hydrogen) atoms. The molecule has 0 aromatic heterocycles. The van der Waals surface area contributed by atoms with Crippen molar-refractivity contribution in [2.24, 2.45) is 0 Å². The van der Waals surface area contributed by atoms with Gasteiger partial charge >= 0.3 is 23.9 Å². The van der Waals surface area contributed by atoms with Crippen LogP contribution in [0.15, 0.2) is 12.1 Å². The molecule has 0 aliphatic heterocycles. The maximum atomic E-state index is 10.8. The highest BCUT2D eigenvalue weighted by molar-refractivity contribution is 6.09. The normalized spacial score (nSPS) is 8.80. The molecule has 110 valence electrons. The zero-order valence-electron chi connectivity index (χ0n) is 9.99. The molecule has 10 N–H and O–H groups in total. The summed E-state index contributed by atoms with van der Waals surface area (Å²) in [5, 5.41) is 35.0. The largest absolute Gasteiger partial charge is 0.478 e. The first kappa shape index (κ1) is 19.4. The van der Waals surface area contributed by atoms with Crippen LogP contribution in [0, 0.1) is 0 Å². The SMILES string of the molecule is N.N.O=C(O)c1cc(C(=O)O)c(C(=O)O)cc1C(=O)O. The average molecular weight is 288 g/mol. The van der Waals surface area contributed by atoms with Gasteiger partial charge in [0.15, 0.2) is 0 Å². The maximum Gasteiger partial charge on any atom is 0.336 e. The molecule has 0 aliphatic carbocycles. The predicted octanol–water partition coefficient (Wildman–Crippen LogP) is 0.803. The molecule has 10 nitrogen and oxygen atoms in total. The monoisotopic (exact) mass is 288 g/mol. The van der Waals surface area contributed by atoms with E-state index in [0.717, 1.165) is 0 Å². The molecule has 0 heterocycles. The molecule has 0 amide bonds. The third-order valence-electron chi connectivity index (χ3n) is 2.08. The van der Waals surface area contributed by atoms with Crippen molar-refractivity contribution in [2.75, 3.05) is 0 Å². The highest BCUT2D eigenvalue weighted by Crippen LogP contribution is 2.18. The molecule has 1 rings (SSSR count). The lowest BCUT2D eigenvalue weighted by Crippen LogP contribution is -2.15. The second kappa shape index (κ2) is 6.82. The lowest BCUT2D eigenvalue weighted by molar-refractivity contribution is 0.0637. The zero-order valence-corrected chi connectivity index (χ0v) is 9.99. The van der Waals surface area contributed by atoms with E-state index in [1.807, 2.05) is 0 Å². The molecular formula is C10H12N2O8. The Morgan fingerprint density at radius 3 is 0.800 bits per heavy atom. The molecule has 0 saturated heterocycles. The van der Waals surface area contributed by atoms with Crippen LogP contribution in [0.25, 0.3) is 0 Å². The van der Waals surface area contributed by atoms with Gasteiger partial charge in [-0.2, -0.15) is 0 Å². The van der Waals surface area contributed by atoms with E-state index in [-0.39, 0.29) is 12.3 Å². The van der Waals surface area contributed by atoms with Gasteiger partial charge in [-0.15, -0.1) is 0 Å². The van der Waals surface area contributed by atoms with Crippen LogP contribution >= 0.6 is 0 Å². The van der Waals surface area contributed by atoms with Gasteiger partial charge in [0.1, 0.15) is 0 Å². The number of hydrogen-bond donors (Lipinski definition) is 6. The van der Waals surface area contributed by atoms with Crippen molar-refractivity contribution >= 4 is 23.9 Å². The summed E-state index contributed by atoms with van der Waals surface area (Å²) in [6.45, 7) is 0. The van der Waals surface area contributed by atoms with Crippen molar-refractivity contribution < 1.29 is 39.6 Å². The van der Waals surface area contributed by atoms with Gasteiger partial charge in [0.05, 0.1) is 22.3 Å². The van der Waals surface area contributed by atoms with Crippen molar-refractivity contribution in [1.29, 1.82) is 0 Å². The predicted molar refractivity (Wildman–Crippen MR) is 64.3 cm³/mol. The minimum absolute atomic E-state index is 0. The quantitative estimate of drug-likeness (QED) is 0.457. The number of benzene rings is 1. The van der Waals surface area contributed by atoms with Crippen molar-refractivity contribution in [3.63, 3.8) is 0 Å². The number of aromatic carboxylic acids is 4. The third-order valence-corrected chi connectivity index (χ3v) is 2.08. The van der Waals surface area contributed by atoms with E-state index in [9.17, 15) is 19.2 Å². The van der Waals surface area contributed by atoms with E-state index >= 15 is 0 Å². The summed E-state index contributed by atoms with van der Waals surface area (Å²) >= 11 is 0. The van der Waals surface area contributed by atoms with Crippen molar-refractivity contribution in [3.05, 3.63) is 34.4 Å². The van der Waals surface area contributed by atoms with Crippen molar-refractivity contribution in [1.82, 2.24) is 12.3 Å². The van der Waals surface area contributed by atoms with E-state index in [1.54, 1.807) is 0 Å². The zero-order chi connectivity index (χ0) is 14.0. The summed E-state index contributed by atoms with van der Waals surface area (Å²) in [5.74, 6) is -6.64. The van der Waals surface area contributed by atoms with Gasteiger partial charge in [-0.1, -0.05) is 0 Å². The van der Waals surface area contributed by atoms with Gasteiger partial charge < -0.3 is 32.7 Å². The lowest BCUT2D eigenvalue weighted by Gasteiger charge is -2.06. The van der Waals surface area contributed by atoms with Crippen molar-refractivity contribution in [3.8, 4) is 0 Å². The van der Waals surface area contributed by atoms with Crippen LogP contribution < -0.4 is 12.3 Å². The maximum absolute atomic E-state index is 10.8. The molecule has 0 atom stereocenters. The van der Waals surface area contributed by atoms with E-state index in [0.29, 0.717) is 12.1 Å². The number of rotatable bonds is 4. The number of carboxylic acids is 4. The smallest absolute Gasteiger partial charge is 0.336 e. The van der Waals surface area contributed by atoms with Crippen molar-refractivity contribution in [2.45, 2.75) is 0 Å². The fourth-order valence-corrected chi connectivity index (χ4v) is 1.31. The lowest BCUT2D eigenvalue weighted by atomic mass is 9.98. The molecule has 0 bridgehead atoms. The van der Waals surface area contributed by atoms with Gasteiger partial charge in [0, 0.05) is 0 Å². The van der Waals surface area contributed by atoms with Gasteiger partial charge in [-0.05, 0) is 12.1 Å². The van der Waals surface area contributed by atoms with Crippen LogP contribution in [-0.4, -0.2) is 44.3 Å². The molecule has 0 spiro atoms. The van der Waals surface area contributed by atoms with Crippen LogP contribution in [0.2, 0.25) is 0 Å². The van der Waals surface area contributed by atoms with Gasteiger partial charge in [0.25, 0.3) is 0 Å². The number of carbonyl (C=O) groups is 4. The Morgan fingerprint density at radius 2 is 0.700 bits per heavy atom. The van der Waals surface area contributed by atoms with Crippen LogP contribution in [0.1, 0.15) is 41.4 Å². The second-order valence-electron chi connectivity index (χ2n) is 3.16. The minimum atomic E-state index is -1.66. The van der Waals surface area contributed by atoms with E-state index < -0.39 is 46.1 Å². The summed E-state index contributed by atoms with van der Waals surface area (Å²) in [7, 11) is 0. The summed E-state index contributed by atoms with van der Waals surface area (Å²) in [4.78, 5) is 43.1. The molecule has 1 aromatic carbocycles. The second-order valence-corrected chi connectivity index (χ2v) is 3.16. The van der Waals surface area contributed by atoms with E-state index in [2.05, 4.69) is 0 Å². The highest BCUT2D eigenvalue weighted by atomic mass is 16.4. The standard InChI is InChI=1S/C10H6O8.2H3N/c11-7(12)3-1-4(8(13)14)6(10(17)18)2-5(3)9(15)16;;/h1-2H,(H,11,12)(H,13,14)(H,15,16)(H,17,18);2*1H3. The Hall–Kier alpha value is -2.98. The third kappa shape index (κ3) is 3.51. The Morgan fingerprint density at radius 1 is 0.550 bits per heavy atom. The Labute approximate surface area is 111 Å². The molecule has 0 radical (unpaired) electrons. The molecule has 1 aromatic rings. The fourth-order valence-electron chi connectivity index (χ4n) is 1.31. The topological polar surface area (TPSA) is 219 Å². The summed E-state index contributed by atoms with van der Waals surface area (Å²) in [5.41, 5.74) is -3.15. The average Bonchev–Trinajstić information content (AvgIpc) is 2.26. The van der Waals surface area contributed by atoms with E-state index in [1.165, 1.54) is 0 Å². The summed E-state index contributed by atoms with van der Waals surface area (Å²) < 4.78 is 0. The van der Waals surface area contributed by atoms with Crippen LogP contribution in [-0.2, 0) is 0 Å². The van der Waals surface area contributed by atoms with Gasteiger partial charge in [-0.25, -0.2) is 19.2 Å². The summed E-state index contributed by atoms with van der Waals surface area (Å²) in [6, 6.07) is 1.02. The van der Waals surface area contributed by atoms with Crippen LogP contribution in [0.4, 0.5) is 0 Å². The van der Waals surface area contributed by atoms with Crippen LogP contribution in [0.3, 0.4) is 0 Å². The fraction of sp³-hybridized carbons (Fsp3) is 0. The van der Waals surface area contributed by atoms with Gasteiger partial charge in [0.2, 0.25) is 0 Å². The summed E-state index contributed by atoms with van der Waals surface area (Å²) in [6.07, 6.45) is 0. The van der Waals surface area contributed by atoms with Gasteiger partial charge in [-0.3, -0.25) is 0 Å². The van der Waals surface area contributed by atoms with Crippen LogP contribution in [0.5, 0.6) is 0 Å². The Kier molecular flexibility index (Phi) is 6.60. The number of hydrogen-bond acceptors (Lipinski definition) is 6. The first-order chi connectivity index (χ1) is 8.25. The Bertz CT molecular complexity index is 483. The first-order valence-electron chi connectivity index (χ1n) is 4.37. The molecule has 0 unspecified atom stereocenters. The van der Waals surface area contributed by atoms with E-state index in [4.69, 9.17) is 20.4 Å². The molecular weight excluding hydrogens is 276 g/mol. The molecule has 0 fully saturated rings. The minimum Gasteiger partial charge on any atom is -0.478 e. The molecule has 0 aliphatic rings. The first-order valence-corrected chi connectivity index (χ1v) is 4.37. The number of carboxylic acid groups (broad SMARTS) is 4. The molecule has 10 heteroatoms. The Balaban J connectivity index is 0. The molecule has 0 saturated carbocycles. The highest BCUT2D eigenvalue weighted by Gasteiger charge is 2.24.